The number of carbonyl (C=O) groups excluding carboxylic acids is 2. The van der Waals surface area contributed by atoms with Crippen LogP contribution in [0.1, 0.15) is 35.4 Å². The van der Waals surface area contributed by atoms with Gasteiger partial charge < -0.3 is 25.6 Å². The number of aliphatic carboxylic acids is 1. The van der Waals surface area contributed by atoms with Crippen molar-refractivity contribution in [1.29, 1.82) is 0 Å². The van der Waals surface area contributed by atoms with Gasteiger partial charge in [0.15, 0.2) is 0 Å². The quantitative estimate of drug-likeness (QED) is 0.359. The van der Waals surface area contributed by atoms with E-state index in [1.165, 1.54) is 18.2 Å². The Morgan fingerprint density at radius 1 is 0.971 bits per heavy atom. The highest BCUT2D eigenvalue weighted by molar-refractivity contribution is 5.97. The van der Waals surface area contributed by atoms with Gasteiger partial charge >= 0.3 is 12.1 Å². The van der Waals surface area contributed by atoms with Gasteiger partial charge in [0.25, 0.3) is 0 Å². The fraction of sp³-hybridized carbons (Fsp3) is 0.222. The zero-order valence-corrected chi connectivity index (χ0v) is 19.2. The van der Waals surface area contributed by atoms with E-state index in [0.29, 0.717) is 11.3 Å². The van der Waals surface area contributed by atoms with E-state index in [1.54, 1.807) is 6.92 Å². The van der Waals surface area contributed by atoms with Crippen LogP contribution in [0.5, 0.6) is 5.75 Å². The second-order valence-corrected chi connectivity index (χ2v) is 8.44. The number of ether oxygens (including phenoxy) is 1. The lowest BCUT2D eigenvalue weighted by Gasteiger charge is -2.20. The number of carboxylic acid groups (broad SMARTS) is 1. The summed E-state index contributed by atoms with van der Waals surface area (Å²) in [6, 6.07) is 19.2. The second kappa shape index (κ2) is 10.3. The number of carboxylic acids is 1. The number of hydrogen-bond donors (Lipinski definition) is 4. The van der Waals surface area contributed by atoms with Crippen molar-refractivity contribution >= 4 is 23.7 Å². The molecule has 0 fully saturated rings. The Kier molecular flexibility index (Phi) is 7.01. The zero-order chi connectivity index (χ0) is 24.9. The van der Waals surface area contributed by atoms with Gasteiger partial charge in [-0.2, -0.15) is 0 Å². The molecule has 8 heteroatoms. The number of rotatable bonds is 8. The zero-order valence-electron chi connectivity index (χ0n) is 19.2. The molecule has 1 unspecified atom stereocenters. The molecule has 4 rings (SSSR count). The molecule has 180 valence electrons. The van der Waals surface area contributed by atoms with E-state index in [-0.39, 0.29) is 31.1 Å². The van der Waals surface area contributed by atoms with E-state index in [2.05, 4.69) is 10.6 Å². The van der Waals surface area contributed by atoms with Crippen LogP contribution in [0.15, 0.2) is 66.7 Å². The maximum atomic E-state index is 12.8. The van der Waals surface area contributed by atoms with E-state index >= 15 is 0 Å². The van der Waals surface area contributed by atoms with Crippen molar-refractivity contribution in [2.24, 2.45) is 0 Å². The summed E-state index contributed by atoms with van der Waals surface area (Å²) in [4.78, 5) is 36.6. The van der Waals surface area contributed by atoms with Crippen molar-refractivity contribution in [3.05, 3.63) is 83.4 Å². The third-order valence-corrected chi connectivity index (χ3v) is 6.07. The average Bonchev–Trinajstić information content (AvgIpc) is 3.15. The molecule has 3 aromatic rings. The van der Waals surface area contributed by atoms with Crippen molar-refractivity contribution in [3.63, 3.8) is 0 Å². The lowest BCUT2D eigenvalue weighted by molar-refractivity contribution is -0.137. The van der Waals surface area contributed by atoms with Crippen LogP contribution in [0.25, 0.3) is 11.1 Å². The Morgan fingerprint density at radius 2 is 1.60 bits per heavy atom. The van der Waals surface area contributed by atoms with Gasteiger partial charge in [-0.1, -0.05) is 48.5 Å². The highest BCUT2D eigenvalue weighted by Crippen LogP contribution is 2.44. The largest absolute Gasteiger partial charge is 0.508 e. The lowest BCUT2D eigenvalue weighted by atomic mass is 9.98. The summed E-state index contributed by atoms with van der Waals surface area (Å²) in [6.45, 7) is 1.78. The van der Waals surface area contributed by atoms with Crippen LogP contribution >= 0.6 is 0 Å². The molecular weight excluding hydrogens is 448 g/mol. The molecule has 8 nitrogen and oxygen atoms in total. The van der Waals surface area contributed by atoms with Gasteiger partial charge in [0.1, 0.15) is 18.4 Å². The molecule has 1 aliphatic carbocycles. The van der Waals surface area contributed by atoms with Crippen molar-refractivity contribution in [2.75, 3.05) is 11.9 Å². The molecule has 35 heavy (non-hydrogen) atoms. The Balaban J connectivity index is 1.43. The minimum atomic E-state index is -1.12. The molecule has 0 radical (unpaired) electrons. The number of carbonyl (C=O) groups is 3. The number of aromatic hydroxyl groups is 1. The molecule has 1 aliphatic rings. The fourth-order valence-corrected chi connectivity index (χ4v) is 4.33. The van der Waals surface area contributed by atoms with Gasteiger partial charge in [0, 0.05) is 18.0 Å². The maximum Gasteiger partial charge on any atom is 0.407 e. The van der Waals surface area contributed by atoms with E-state index in [0.717, 1.165) is 22.3 Å². The Morgan fingerprint density at radius 3 is 2.20 bits per heavy atom. The molecule has 0 heterocycles. The first-order valence-electron chi connectivity index (χ1n) is 11.3. The van der Waals surface area contributed by atoms with Crippen LogP contribution in [-0.4, -0.2) is 40.8 Å². The smallest absolute Gasteiger partial charge is 0.407 e. The number of amides is 2. The van der Waals surface area contributed by atoms with Gasteiger partial charge in [-0.25, -0.2) is 4.79 Å². The minimum absolute atomic E-state index is 0.0553. The Labute approximate surface area is 202 Å². The van der Waals surface area contributed by atoms with Crippen molar-refractivity contribution in [3.8, 4) is 16.9 Å². The van der Waals surface area contributed by atoms with Crippen LogP contribution < -0.4 is 10.6 Å². The van der Waals surface area contributed by atoms with E-state index in [1.807, 2.05) is 48.5 Å². The molecule has 1 atom stereocenters. The minimum Gasteiger partial charge on any atom is -0.508 e. The van der Waals surface area contributed by atoms with Crippen molar-refractivity contribution < 1.29 is 29.3 Å². The maximum absolute atomic E-state index is 12.8. The predicted molar refractivity (Wildman–Crippen MR) is 130 cm³/mol. The van der Waals surface area contributed by atoms with Gasteiger partial charge in [0.05, 0.1) is 0 Å². The van der Waals surface area contributed by atoms with Crippen molar-refractivity contribution in [2.45, 2.75) is 31.7 Å². The Bertz CT molecular complexity index is 1230. The first-order valence-corrected chi connectivity index (χ1v) is 11.3. The van der Waals surface area contributed by atoms with Gasteiger partial charge in [0.2, 0.25) is 5.91 Å². The SMILES string of the molecule is Cc1cc(O)ccc1NC(=O)C(CCC(=O)O)NC(=O)OCC1c2ccccc2-c2ccccc21. The van der Waals surface area contributed by atoms with Crippen LogP contribution in [0, 0.1) is 6.92 Å². The highest BCUT2D eigenvalue weighted by atomic mass is 16.5. The summed E-state index contributed by atoms with van der Waals surface area (Å²) >= 11 is 0. The molecule has 0 saturated carbocycles. The molecule has 0 bridgehead atoms. The summed E-state index contributed by atoms with van der Waals surface area (Å²) in [5, 5.41) is 23.8. The van der Waals surface area contributed by atoms with E-state index in [9.17, 15) is 19.5 Å². The number of benzene rings is 3. The van der Waals surface area contributed by atoms with Crippen LogP contribution in [0.3, 0.4) is 0 Å². The first kappa shape index (κ1) is 23.8. The normalized spacial score (nSPS) is 12.8. The standard InChI is InChI=1S/C27H26N2O6/c1-16-14-17(30)10-11-23(16)28-26(33)24(12-13-25(31)32)29-27(34)35-15-22-20-8-4-2-6-18(20)19-7-3-5-9-21(19)22/h2-11,14,22,24,30H,12-13,15H2,1H3,(H,28,33)(H,29,34)(H,31,32). The molecular formula is C27H26N2O6. The summed E-state index contributed by atoms with van der Waals surface area (Å²) in [5.74, 6) is -1.75. The summed E-state index contributed by atoms with van der Waals surface area (Å²) in [6.07, 6.45) is -1.22. The number of phenols is 1. The molecule has 0 aliphatic heterocycles. The number of fused-ring (bicyclic) bond motifs is 3. The molecule has 2 amide bonds. The topological polar surface area (TPSA) is 125 Å². The van der Waals surface area contributed by atoms with Crippen LogP contribution in [0.4, 0.5) is 10.5 Å². The third kappa shape index (κ3) is 5.43. The number of alkyl carbamates (subject to hydrolysis) is 1. The molecule has 4 N–H and O–H groups in total. The van der Waals surface area contributed by atoms with Crippen LogP contribution in [0.2, 0.25) is 0 Å². The number of hydrogen-bond acceptors (Lipinski definition) is 5. The van der Waals surface area contributed by atoms with Crippen molar-refractivity contribution in [1.82, 2.24) is 5.32 Å². The fourth-order valence-electron chi connectivity index (χ4n) is 4.33. The third-order valence-electron chi connectivity index (χ3n) is 6.07. The summed E-state index contributed by atoms with van der Waals surface area (Å²) in [7, 11) is 0. The lowest BCUT2D eigenvalue weighted by Crippen LogP contribution is -2.44. The second-order valence-electron chi connectivity index (χ2n) is 8.44. The molecule has 0 aromatic heterocycles. The monoisotopic (exact) mass is 474 g/mol. The van der Waals surface area contributed by atoms with Gasteiger partial charge in [-0.15, -0.1) is 0 Å². The van der Waals surface area contributed by atoms with E-state index < -0.39 is 24.0 Å². The average molecular weight is 475 g/mol. The first-order chi connectivity index (χ1) is 16.8. The highest BCUT2D eigenvalue weighted by Gasteiger charge is 2.30. The molecule has 3 aromatic carbocycles. The van der Waals surface area contributed by atoms with Gasteiger partial charge in [-0.05, 0) is 59.4 Å². The molecule has 0 spiro atoms. The number of nitrogens with one attached hydrogen (secondary N) is 2. The van der Waals surface area contributed by atoms with Crippen LogP contribution in [-0.2, 0) is 14.3 Å². The number of anilines is 1. The van der Waals surface area contributed by atoms with E-state index in [4.69, 9.17) is 9.84 Å². The summed E-state index contributed by atoms with van der Waals surface area (Å²) in [5.41, 5.74) is 5.38. The molecule has 0 saturated heterocycles. The number of phenolic OH excluding ortho intramolecular Hbond substituents is 1. The Hall–Kier alpha value is -4.33. The number of aryl methyl sites for hydroxylation is 1. The van der Waals surface area contributed by atoms with Gasteiger partial charge in [-0.3, -0.25) is 9.59 Å². The summed E-state index contributed by atoms with van der Waals surface area (Å²) < 4.78 is 5.51. The predicted octanol–water partition coefficient (Wildman–Crippen LogP) is 4.41.